The van der Waals surface area contributed by atoms with Gasteiger partial charge in [0.1, 0.15) is 5.82 Å². The Labute approximate surface area is 132 Å². The van der Waals surface area contributed by atoms with E-state index in [0.717, 1.165) is 5.56 Å². The van der Waals surface area contributed by atoms with E-state index >= 15 is 0 Å². The molecule has 0 N–H and O–H groups in total. The molecule has 0 aliphatic rings. The number of aromatic nitrogens is 2. The fourth-order valence-corrected chi connectivity index (χ4v) is 2.23. The fourth-order valence-electron chi connectivity index (χ4n) is 2.23. The third kappa shape index (κ3) is 3.31. The van der Waals surface area contributed by atoms with Crippen LogP contribution >= 0.6 is 0 Å². The van der Waals surface area contributed by atoms with Crippen LogP contribution in [0.5, 0.6) is 11.5 Å². The minimum absolute atomic E-state index is 0.292. The molecule has 23 heavy (non-hydrogen) atoms. The van der Waals surface area contributed by atoms with Gasteiger partial charge in [-0.15, -0.1) is 10.2 Å². The number of rotatable bonds is 5. The van der Waals surface area contributed by atoms with Gasteiger partial charge in [0.25, 0.3) is 0 Å². The molecule has 2 aromatic carbocycles. The largest absolute Gasteiger partial charge is 0.493 e. The van der Waals surface area contributed by atoms with E-state index in [1.807, 2.05) is 18.2 Å². The standard InChI is InChI=1S/C17H15FN2O3/c1-21-14-7-6-11(8-15(14)22-2)9-16-19-20-17(23-16)12-4-3-5-13(18)10-12/h3-8,10H,9H2,1-2H3. The molecule has 0 fully saturated rings. The minimum Gasteiger partial charge on any atom is -0.493 e. The molecule has 118 valence electrons. The monoisotopic (exact) mass is 314 g/mol. The van der Waals surface area contributed by atoms with Gasteiger partial charge in [0.2, 0.25) is 11.8 Å². The highest BCUT2D eigenvalue weighted by molar-refractivity contribution is 5.52. The van der Waals surface area contributed by atoms with Gasteiger partial charge in [-0.1, -0.05) is 12.1 Å². The van der Waals surface area contributed by atoms with Crippen LogP contribution in [0.1, 0.15) is 11.5 Å². The van der Waals surface area contributed by atoms with Crippen LogP contribution in [0.3, 0.4) is 0 Å². The molecule has 0 unspecified atom stereocenters. The molecule has 0 aliphatic heterocycles. The van der Waals surface area contributed by atoms with Gasteiger partial charge in [-0.25, -0.2) is 4.39 Å². The third-order valence-electron chi connectivity index (χ3n) is 3.34. The summed E-state index contributed by atoms with van der Waals surface area (Å²) in [6.07, 6.45) is 0.447. The highest BCUT2D eigenvalue weighted by Gasteiger charge is 2.11. The van der Waals surface area contributed by atoms with Gasteiger partial charge in [-0.3, -0.25) is 0 Å². The quantitative estimate of drug-likeness (QED) is 0.721. The lowest BCUT2D eigenvalue weighted by atomic mass is 10.1. The van der Waals surface area contributed by atoms with Crippen molar-refractivity contribution in [3.8, 4) is 23.0 Å². The average molecular weight is 314 g/mol. The van der Waals surface area contributed by atoms with E-state index in [0.29, 0.717) is 35.3 Å². The van der Waals surface area contributed by atoms with E-state index in [1.165, 1.54) is 12.1 Å². The summed E-state index contributed by atoms with van der Waals surface area (Å²) in [6, 6.07) is 11.6. The molecule has 5 nitrogen and oxygen atoms in total. The van der Waals surface area contributed by atoms with E-state index in [2.05, 4.69) is 10.2 Å². The first-order valence-corrected chi connectivity index (χ1v) is 6.99. The highest BCUT2D eigenvalue weighted by atomic mass is 19.1. The van der Waals surface area contributed by atoms with Crippen LogP contribution in [0.25, 0.3) is 11.5 Å². The zero-order valence-corrected chi connectivity index (χ0v) is 12.7. The van der Waals surface area contributed by atoms with E-state index in [1.54, 1.807) is 26.4 Å². The summed E-state index contributed by atoms with van der Waals surface area (Å²) in [5.41, 5.74) is 1.49. The Hall–Kier alpha value is -2.89. The number of halogens is 1. The Morgan fingerprint density at radius 2 is 1.83 bits per heavy atom. The maximum Gasteiger partial charge on any atom is 0.247 e. The number of benzene rings is 2. The average Bonchev–Trinajstić information content (AvgIpc) is 3.03. The molecule has 3 aromatic rings. The van der Waals surface area contributed by atoms with Gasteiger partial charge in [0.05, 0.1) is 20.6 Å². The summed E-state index contributed by atoms with van der Waals surface area (Å²) in [5.74, 6) is 1.68. The molecule has 1 heterocycles. The fraction of sp³-hybridized carbons (Fsp3) is 0.176. The first kappa shape index (κ1) is 15.0. The summed E-state index contributed by atoms with van der Waals surface area (Å²) < 4.78 is 29.3. The first-order chi connectivity index (χ1) is 11.2. The van der Waals surface area contributed by atoms with Crippen LogP contribution in [-0.2, 0) is 6.42 Å². The van der Waals surface area contributed by atoms with Gasteiger partial charge in [0, 0.05) is 5.56 Å². The van der Waals surface area contributed by atoms with Crippen molar-refractivity contribution < 1.29 is 18.3 Å². The van der Waals surface area contributed by atoms with Crippen molar-refractivity contribution in [1.29, 1.82) is 0 Å². The topological polar surface area (TPSA) is 57.4 Å². The van der Waals surface area contributed by atoms with Crippen LogP contribution in [0.15, 0.2) is 46.9 Å². The summed E-state index contributed by atoms with van der Waals surface area (Å²) in [7, 11) is 3.16. The number of ether oxygens (including phenoxy) is 2. The second kappa shape index (κ2) is 6.48. The van der Waals surface area contributed by atoms with Crippen molar-refractivity contribution in [2.24, 2.45) is 0 Å². The van der Waals surface area contributed by atoms with Crippen molar-refractivity contribution in [2.45, 2.75) is 6.42 Å². The Morgan fingerprint density at radius 3 is 2.57 bits per heavy atom. The Balaban J connectivity index is 1.82. The number of nitrogens with zero attached hydrogens (tertiary/aromatic N) is 2. The zero-order valence-electron chi connectivity index (χ0n) is 12.7. The van der Waals surface area contributed by atoms with Crippen molar-refractivity contribution in [3.05, 3.63) is 59.7 Å². The maximum absolute atomic E-state index is 13.2. The van der Waals surface area contributed by atoms with Gasteiger partial charge in [0.15, 0.2) is 11.5 Å². The number of hydrogen-bond acceptors (Lipinski definition) is 5. The SMILES string of the molecule is COc1ccc(Cc2nnc(-c3cccc(F)c3)o2)cc1OC. The van der Waals surface area contributed by atoms with Crippen molar-refractivity contribution in [1.82, 2.24) is 10.2 Å². The summed E-state index contributed by atoms with van der Waals surface area (Å²) >= 11 is 0. The smallest absolute Gasteiger partial charge is 0.247 e. The lowest BCUT2D eigenvalue weighted by Gasteiger charge is -2.08. The van der Waals surface area contributed by atoms with Crippen LogP contribution in [0.2, 0.25) is 0 Å². The van der Waals surface area contributed by atoms with Gasteiger partial charge < -0.3 is 13.9 Å². The molecule has 6 heteroatoms. The highest BCUT2D eigenvalue weighted by Crippen LogP contribution is 2.28. The molecule has 0 radical (unpaired) electrons. The molecule has 1 aromatic heterocycles. The van der Waals surface area contributed by atoms with E-state index < -0.39 is 0 Å². The van der Waals surface area contributed by atoms with Crippen molar-refractivity contribution in [2.75, 3.05) is 14.2 Å². The van der Waals surface area contributed by atoms with Crippen molar-refractivity contribution >= 4 is 0 Å². The maximum atomic E-state index is 13.2. The molecule has 0 spiro atoms. The zero-order chi connectivity index (χ0) is 16.2. The molecular weight excluding hydrogens is 299 g/mol. The Kier molecular flexibility index (Phi) is 4.23. The van der Waals surface area contributed by atoms with E-state index in [9.17, 15) is 4.39 Å². The molecule has 0 saturated carbocycles. The second-order valence-electron chi connectivity index (χ2n) is 4.88. The minimum atomic E-state index is -0.345. The Morgan fingerprint density at radius 1 is 1.00 bits per heavy atom. The third-order valence-corrected chi connectivity index (χ3v) is 3.34. The molecule has 3 rings (SSSR count). The van der Waals surface area contributed by atoms with Crippen LogP contribution in [-0.4, -0.2) is 24.4 Å². The van der Waals surface area contributed by atoms with Gasteiger partial charge in [-0.2, -0.15) is 0 Å². The van der Waals surface area contributed by atoms with Gasteiger partial charge in [-0.05, 0) is 35.9 Å². The molecule has 0 saturated heterocycles. The van der Waals surface area contributed by atoms with Crippen LogP contribution < -0.4 is 9.47 Å². The molecule has 0 bridgehead atoms. The van der Waals surface area contributed by atoms with Gasteiger partial charge >= 0.3 is 0 Å². The number of hydrogen-bond donors (Lipinski definition) is 0. The molecule has 0 atom stereocenters. The lowest BCUT2D eigenvalue weighted by Crippen LogP contribution is -1.94. The predicted molar refractivity (Wildman–Crippen MR) is 82.0 cm³/mol. The molecule has 0 aliphatic carbocycles. The van der Waals surface area contributed by atoms with Crippen LogP contribution in [0.4, 0.5) is 4.39 Å². The van der Waals surface area contributed by atoms with E-state index in [-0.39, 0.29) is 5.82 Å². The molecule has 0 amide bonds. The predicted octanol–water partition coefficient (Wildman–Crippen LogP) is 3.48. The van der Waals surface area contributed by atoms with E-state index in [4.69, 9.17) is 13.9 Å². The Bertz CT molecular complexity index is 817. The second-order valence-corrected chi connectivity index (χ2v) is 4.88. The summed E-state index contributed by atoms with van der Waals surface area (Å²) in [6.45, 7) is 0. The summed E-state index contributed by atoms with van der Waals surface area (Å²) in [4.78, 5) is 0. The molecular formula is C17H15FN2O3. The first-order valence-electron chi connectivity index (χ1n) is 6.99. The lowest BCUT2D eigenvalue weighted by molar-refractivity contribution is 0.354. The summed E-state index contributed by atoms with van der Waals surface area (Å²) in [5, 5.41) is 7.97. The number of methoxy groups -OCH3 is 2. The van der Waals surface area contributed by atoms with Crippen molar-refractivity contribution in [3.63, 3.8) is 0 Å². The normalized spacial score (nSPS) is 10.6. The van der Waals surface area contributed by atoms with Crippen LogP contribution in [0, 0.1) is 5.82 Å².